The number of nitrogens with two attached hydrogens (primary N) is 1. The molecule has 0 aromatic carbocycles. The second-order valence-corrected chi connectivity index (χ2v) is 5.06. The summed E-state index contributed by atoms with van der Waals surface area (Å²) in [5, 5.41) is 0. The molecule has 1 unspecified atom stereocenters. The average molecular weight is 234 g/mol. The summed E-state index contributed by atoms with van der Waals surface area (Å²) in [5.74, 6) is 3.10. The predicted molar refractivity (Wildman–Crippen MR) is 71.3 cm³/mol. The fourth-order valence-corrected chi connectivity index (χ4v) is 1.89. The molecule has 1 saturated carbocycles. The lowest BCUT2D eigenvalue weighted by Crippen LogP contribution is -2.30. The van der Waals surface area contributed by atoms with Gasteiger partial charge in [-0.15, -0.1) is 0 Å². The highest BCUT2D eigenvalue weighted by Gasteiger charge is 2.28. The molecule has 0 bridgehead atoms. The van der Waals surface area contributed by atoms with Crippen LogP contribution in [0.1, 0.15) is 50.4 Å². The number of hydrogen-bond donors (Lipinski definition) is 1. The summed E-state index contributed by atoms with van der Waals surface area (Å²) >= 11 is 0. The Bertz CT molecular complexity index is 412. The zero-order valence-corrected chi connectivity index (χ0v) is 11.2. The minimum absolute atomic E-state index is 0.468. The first-order valence-electron chi connectivity index (χ1n) is 6.41. The lowest BCUT2D eigenvalue weighted by Gasteiger charge is -2.27. The molecule has 4 heteroatoms. The van der Waals surface area contributed by atoms with Crippen molar-refractivity contribution in [1.82, 2.24) is 9.97 Å². The Kier molecular flexibility index (Phi) is 3.22. The molecule has 4 nitrogen and oxygen atoms in total. The third-order valence-corrected chi connectivity index (χ3v) is 3.70. The smallest absolute Gasteiger partial charge is 0.137 e. The van der Waals surface area contributed by atoms with E-state index in [2.05, 4.69) is 30.8 Å². The van der Waals surface area contributed by atoms with Crippen molar-refractivity contribution in [2.45, 2.75) is 52.0 Å². The van der Waals surface area contributed by atoms with Crippen molar-refractivity contribution in [3.8, 4) is 0 Å². The summed E-state index contributed by atoms with van der Waals surface area (Å²) in [4.78, 5) is 11.3. The topological polar surface area (TPSA) is 55.0 Å². The molecule has 94 valence electrons. The molecule has 0 amide bonds. The van der Waals surface area contributed by atoms with E-state index in [9.17, 15) is 0 Å². The predicted octanol–water partition coefficient (Wildman–Crippen LogP) is 2.48. The van der Waals surface area contributed by atoms with E-state index in [0.717, 1.165) is 23.6 Å². The van der Waals surface area contributed by atoms with Gasteiger partial charge in [-0.05, 0) is 33.1 Å². The minimum atomic E-state index is 0.468. The van der Waals surface area contributed by atoms with Crippen LogP contribution in [0.25, 0.3) is 0 Å². The molecule has 1 aromatic heterocycles. The van der Waals surface area contributed by atoms with Crippen LogP contribution in [0.2, 0.25) is 0 Å². The van der Waals surface area contributed by atoms with Gasteiger partial charge in [0.05, 0.1) is 0 Å². The molecule has 2 rings (SSSR count). The molecule has 1 aliphatic rings. The van der Waals surface area contributed by atoms with Crippen LogP contribution in [0.5, 0.6) is 0 Å². The largest absolute Gasteiger partial charge is 0.383 e. The molecule has 1 heterocycles. The first kappa shape index (κ1) is 12.1. The Labute approximate surface area is 103 Å². The monoisotopic (exact) mass is 234 g/mol. The van der Waals surface area contributed by atoms with E-state index in [4.69, 9.17) is 10.7 Å². The maximum Gasteiger partial charge on any atom is 0.137 e. The summed E-state index contributed by atoms with van der Waals surface area (Å²) in [6.07, 6.45) is 3.50. The van der Waals surface area contributed by atoms with Crippen LogP contribution in [0.15, 0.2) is 0 Å². The van der Waals surface area contributed by atoms with Crippen molar-refractivity contribution >= 4 is 11.6 Å². The molecule has 0 aliphatic heterocycles. The molecule has 2 N–H and O–H groups in total. The molecule has 1 atom stereocenters. The van der Waals surface area contributed by atoms with E-state index < -0.39 is 0 Å². The first-order valence-corrected chi connectivity index (χ1v) is 6.41. The highest BCUT2D eigenvalue weighted by molar-refractivity contribution is 5.56. The highest BCUT2D eigenvalue weighted by Crippen LogP contribution is 2.39. The van der Waals surface area contributed by atoms with Crippen molar-refractivity contribution in [3.05, 3.63) is 11.4 Å². The quantitative estimate of drug-likeness (QED) is 0.869. The molecule has 0 radical (unpaired) electrons. The van der Waals surface area contributed by atoms with Crippen LogP contribution in [0, 0.1) is 6.92 Å². The molecular weight excluding hydrogens is 212 g/mol. The zero-order valence-electron chi connectivity index (χ0n) is 11.2. The third kappa shape index (κ3) is 2.35. The van der Waals surface area contributed by atoms with Gasteiger partial charge in [0.2, 0.25) is 0 Å². The zero-order chi connectivity index (χ0) is 12.6. The Balaban J connectivity index is 2.37. The van der Waals surface area contributed by atoms with E-state index in [0.29, 0.717) is 17.8 Å². The number of anilines is 2. The van der Waals surface area contributed by atoms with E-state index in [1.807, 2.05) is 6.92 Å². The van der Waals surface area contributed by atoms with Gasteiger partial charge in [-0.3, -0.25) is 0 Å². The standard InChI is InChI=1S/C13H22N4/c1-5-8(2)17(4)13-9(3)11(14)15-12(16-13)10-6-7-10/h8,10H,5-7H2,1-4H3,(H2,14,15,16). The van der Waals surface area contributed by atoms with Crippen LogP contribution >= 0.6 is 0 Å². The number of nitrogens with zero attached hydrogens (tertiary/aromatic N) is 3. The fraction of sp³-hybridized carbons (Fsp3) is 0.692. The average Bonchev–Trinajstić information content (AvgIpc) is 3.14. The van der Waals surface area contributed by atoms with Crippen molar-refractivity contribution < 1.29 is 0 Å². The number of aromatic nitrogens is 2. The van der Waals surface area contributed by atoms with Crippen molar-refractivity contribution in [3.63, 3.8) is 0 Å². The molecule has 0 saturated heterocycles. The number of rotatable bonds is 4. The number of nitrogen functional groups attached to an aromatic ring is 1. The molecule has 1 aliphatic carbocycles. The second-order valence-electron chi connectivity index (χ2n) is 5.06. The van der Waals surface area contributed by atoms with Crippen LogP contribution in [0.3, 0.4) is 0 Å². The van der Waals surface area contributed by atoms with Gasteiger partial charge in [0, 0.05) is 24.6 Å². The normalized spacial score (nSPS) is 16.9. The van der Waals surface area contributed by atoms with E-state index in [1.54, 1.807) is 0 Å². The minimum Gasteiger partial charge on any atom is -0.383 e. The van der Waals surface area contributed by atoms with Gasteiger partial charge in [0.25, 0.3) is 0 Å². The van der Waals surface area contributed by atoms with Crippen molar-refractivity contribution in [2.75, 3.05) is 17.7 Å². The molecule has 17 heavy (non-hydrogen) atoms. The van der Waals surface area contributed by atoms with Gasteiger partial charge in [-0.1, -0.05) is 6.92 Å². The van der Waals surface area contributed by atoms with Crippen LogP contribution in [-0.2, 0) is 0 Å². The van der Waals surface area contributed by atoms with E-state index in [-0.39, 0.29) is 0 Å². The van der Waals surface area contributed by atoms with Gasteiger partial charge in [-0.25, -0.2) is 9.97 Å². The first-order chi connectivity index (χ1) is 8.04. The van der Waals surface area contributed by atoms with Gasteiger partial charge in [-0.2, -0.15) is 0 Å². The summed E-state index contributed by atoms with van der Waals surface area (Å²) in [6, 6.07) is 0.468. The van der Waals surface area contributed by atoms with E-state index >= 15 is 0 Å². The van der Waals surface area contributed by atoms with Crippen LogP contribution in [-0.4, -0.2) is 23.1 Å². The molecule has 1 aromatic rings. The summed E-state index contributed by atoms with van der Waals surface area (Å²) in [7, 11) is 2.08. The van der Waals surface area contributed by atoms with Gasteiger partial charge in [0.15, 0.2) is 0 Å². The summed E-state index contributed by atoms with van der Waals surface area (Å²) < 4.78 is 0. The lowest BCUT2D eigenvalue weighted by molar-refractivity contribution is 0.652. The highest BCUT2D eigenvalue weighted by atomic mass is 15.2. The number of hydrogen-bond acceptors (Lipinski definition) is 4. The van der Waals surface area contributed by atoms with Gasteiger partial charge in [0.1, 0.15) is 17.5 Å². The van der Waals surface area contributed by atoms with E-state index in [1.165, 1.54) is 12.8 Å². The van der Waals surface area contributed by atoms with Gasteiger partial charge < -0.3 is 10.6 Å². The summed E-state index contributed by atoms with van der Waals surface area (Å²) in [5.41, 5.74) is 6.99. The SMILES string of the molecule is CCC(C)N(C)c1nc(C2CC2)nc(N)c1C. The Hall–Kier alpha value is -1.32. The van der Waals surface area contributed by atoms with Gasteiger partial charge >= 0.3 is 0 Å². The molecule has 0 spiro atoms. The van der Waals surface area contributed by atoms with Crippen molar-refractivity contribution in [2.24, 2.45) is 0 Å². The third-order valence-electron chi connectivity index (χ3n) is 3.70. The van der Waals surface area contributed by atoms with Crippen molar-refractivity contribution in [1.29, 1.82) is 0 Å². The summed E-state index contributed by atoms with van der Waals surface area (Å²) in [6.45, 7) is 6.39. The maximum absolute atomic E-state index is 5.99. The Morgan fingerprint density at radius 2 is 2.06 bits per heavy atom. The second kappa shape index (κ2) is 4.51. The Morgan fingerprint density at radius 1 is 1.41 bits per heavy atom. The molecule has 1 fully saturated rings. The maximum atomic E-state index is 5.99. The fourth-order valence-electron chi connectivity index (χ4n) is 1.89. The van der Waals surface area contributed by atoms with Crippen LogP contribution < -0.4 is 10.6 Å². The lowest BCUT2D eigenvalue weighted by atomic mass is 10.2. The molecular formula is C13H22N4. The Morgan fingerprint density at radius 3 is 2.59 bits per heavy atom. The van der Waals surface area contributed by atoms with Crippen LogP contribution in [0.4, 0.5) is 11.6 Å².